The third-order valence-electron chi connectivity index (χ3n) is 4.39. The second-order valence-corrected chi connectivity index (χ2v) is 8.47. The smallest absolute Gasteiger partial charge is 0.437 e. The van der Waals surface area contributed by atoms with Crippen LogP contribution in [-0.4, -0.2) is 31.4 Å². The maximum Gasteiger partial charge on any atom is 0.437 e. The van der Waals surface area contributed by atoms with Gasteiger partial charge in [0, 0.05) is 11.8 Å². The summed E-state index contributed by atoms with van der Waals surface area (Å²) in [7, 11) is 0. The fourth-order valence-electron chi connectivity index (χ4n) is 3.22. The number of hydrogen-bond donors (Lipinski definition) is 1. The first kappa shape index (κ1) is 22.2. The van der Waals surface area contributed by atoms with Crippen molar-refractivity contribution < 1.29 is 9.53 Å². The molecule has 0 aliphatic carbocycles. The van der Waals surface area contributed by atoms with E-state index in [0.717, 1.165) is 27.1 Å². The molecule has 31 heavy (non-hydrogen) atoms. The number of hydrogen-bond acceptors (Lipinski definition) is 7. The highest BCUT2D eigenvalue weighted by atomic mass is 35.5. The molecule has 0 unspecified atom stereocenters. The molecule has 0 atom stereocenters. The van der Waals surface area contributed by atoms with Crippen molar-refractivity contribution in [2.24, 2.45) is 0 Å². The molecule has 0 radical (unpaired) electrons. The molecule has 0 bridgehead atoms. The number of carbonyl (C=O) groups is 1. The van der Waals surface area contributed by atoms with Crippen LogP contribution < -0.4 is 5.32 Å². The first-order chi connectivity index (χ1) is 14.5. The Kier molecular flexibility index (Phi) is 6.00. The Balaban J connectivity index is 2.10. The van der Waals surface area contributed by atoms with Crippen LogP contribution in [0.15, 0.2) is 18.2 Å². The monoisotopic (exact) mass is 438 g/mol. The number of aryl methyl sites for hydroxylation is 3. The topological polar surface area (TPSA) is 106 Å². The lowest BCUT2D eigenvalue weighted by Crippen LogP contribution is -2.28. The number of nitrogens with one attached hydrogen (secondary N) is 1. The number of nitrogens with zero attached hydrogens (tertiary/aromatic N) is 5. The van der Waals surface area contributed by atoms with Crippen molar-refractivity contribution >= 4 is 46.3 Å². The van der Waals surface area contributed by atoms with Crippen LogP contribution in [0.4, 0.5) is 16.3 Å². The molecular formula is C22H23ClN6O2. The Morgan fingerprint density at radius 2 is 1.87 bits per heavy atom. The van der Waals surface area contributed by atoms with E-state index >= 15 is 0 Å². The summed E-state index contributed by atoms with van der Waals surface area (Å²) in [5, 5.41) is 16.9. The Hall–Kier alpha value is -3.44. The minimum Gasteiger partial charge on any atom is -0.442 e. The Morgan fingerprint density at radius 3 is 2.45 bits per heavy atom. The van der Waals surface area contributed by atoms with Gasteiger partial charge in [-0.1, -0.05) is 0 Å². The summed E-state index contributed by atoms with van der Waals surface area (Å²) < 4.78 is 6.54. The van der Waals surface area contributed by atoms with E-state index < -0.39 is 11.7 Å². The van der Waals surface area contributed by atoms with Gasteiger partial charge in [0.15, 0.2) is 5.65 Å². The Morgan fingerprint density at radius 1 is 1.23 bits per heavy atom. The summed E-state index contributed by atoms with van der Waals surface area (Å²) in [5.74, 6) is 0.439. The van der Waals surface area contributed by atoms with Crippen LogP contribution in [0, 0.1) is 32.1 Å². The molecule has 0 saturated carbocycles. The van der Waals surface area contributed by atoms with Crippen LogP contribution >= 0.6 is 11.6 Å². The van der Waals surface area contributed by atoms with E-state index in [2.05, 4.69) is 20.4 Å². The van der Waals surface area contributed by atoms with Crippen LogP contribution in [0.3, 0.4) is 0 Å². The molecule has 9 heteroatoms. The predicted molar refractivity (Wildman–Crippen MR) is 121 cm³/mol. The van der Waals surface area contributed by atoms with Crippen molar-refractivity contribution in [2.75, 3.05) is 5.32 Å². The van der Waals surface area contributed by atoms with Crippen LogP contribution in [0.25, 0.3) is 17.1 Å². The summed E-state index contributed by atoms with van der Waals surface area (Å²) in [6.07, 6.45) is 2.54. The molecule has 2 heterocycles. The third kappa shape index (κ3) is 4.84. The highest BCUT2D eigenvalue weighted by Crippen LogP contribution is 2.32. The Labute approximate surface area is 185 Å². The summed E-state index contributed by atoms with van der Waals surface area (Å²) in [4.78, 5) is 21.2. The van der Waals surface area contributed by atoms with Gasteiger partial charge in [-0.15, -0.1) is 4.68 Å². The van der Waals surface area contributed by atoms with Gasteiger partial charge in [0.05, 0.1) is 17.1 Å². The van der Waals surface area contributed by atoms with Crippen LogP contribution in [0.2, 0.25) is 5.28 Å². The number of aromatic nitrogens is 4. The number of halogens is 1. The minimum atomic E-state index is -0.683. The summed E-state index contributed by atoms with van der Waals surface area (Å²) in [6.45, 7) is 11.0. The highest BCUT2D eigenvalue weighted by Gasteiger charge is 2.24. The quantitative estimate of drug-likeness (QED) is 0.427. The molecule has 0 amide bonds. The Bertz CT molecular complexity index is 1220. The molecule has 3 rings (SSSR count). The second kappa shape index (κ2) is 8.36. The summed E-state index contributed by atoms with van der Waals surface area (Å²) in [6, 6.07) is 5.91. The average Bonchev–Trinajstić information content (AvgIpc) is 2.98. The fraction of sp³-hybridized carbons (Fsp3) is 0.318. The lowest BCUT2D eigenvalue weighted by atomic mass is 10.0. The normalized spacial score (nSPS) is 11.7. The zero-order chi connectivity index (χ0) is 22.9. The molecule has 8 nitrogen and oxygen atoms in total. The number of fused-ring (bicyclic) bond motifs is 1. The van der Waals surface area contributed by atoms with Crippen LogP contribution in [0.5, 0.6) is 0 Å². The fourth-order valence-corrected chi connectivity index (χ4v) is 3.39. The molecule has 0 aliphatic heterocycles. The molecule has 3 aromatic rings. The predicted octanol–water partition coefficient (Wildman–Crippen LogP) is 5.47. The molecule has 0 spiro atoms. The van der Waals surface area contributed by atoms with Crippen molar-refractivity contribution in [3.8, 4) is 6.07 Å². The van der Waals surface area contributed by atoms with E-state index in [9.17, 15) is 4.79 Å². The maximum atomic E-state index is 12.6. The van der Waals surface area contributed by atoms with Crippen molar-refractivity contribution in [3.05, 3.63) is 45.9 Å². The van der Waals surface area contributed by atoms with E-state index in [1.54, 1.807) is 33.8 Å². The summed E-state index contributed by atoms with van der Waals surface area (Å²) >= 11 is 6.18. The molecule has 1 aromatic carbocycles. The van der Waals surface area contributed by atoms with Crippen LogP contribution in [0.1, 0.15) is 43.2 Å². The minimum absolute atomic E-state index is 0.0245. The largest absolute Gasteiger partial charge is 0.442 e. The second-order valence-electron chi connectivity index (χ2n) is 8.13. The van der Waals surface area contributed by atoms with Gasteiger partial charge in [-0.25, -0.2) is 4.79 Å². The number of nitriles is 1. The molecular weight excluding hydrogens is 416 g/mol. The van der Waals surface area contributed by atoms with Gasteiger partial charge in [0.2, 0.25) is 5.28 Å². The van der Waals surface area contributed by atoms with E-state index in [1.165, 1.54) is 6.08 Å². The van der Waals surface area contributed by atoms with E-state index in [4.69, 9.17) is 21.6 Å². The van der Waals surface area contributed by atoms with E-state index in [1.807, 2.05) is 32.0 Å². The van der Waals surface area contributed by atoms with Gasteiger partial charge in [0.1, 0.15) is 11.4 Å². The van der Waals surface area contributed by atoms with Gasteiger partial charge in [-0.3, -0.25) is 0 Å². The number of anilines is 2. The van der Waals surface area contributed by atoms with Crippen molar-refractivity contribution in [1.82, 2.24) is 19.7 Å². The number of rotatable bonds is 3. The van der Waals surface area contributed by atoms with Gasteiger partial charge in [-0.05, 0) is 88.0 Å². The zero-order valence-electron chi connectivity index (χ0n) is 18.2. The van der Waals surface area contributed by atoms with Crippen molar-refractivity contribution in [3.63, 3.8) is 0 Å². The maximum absolute atomic E-state index is 12.6. The zero-order valence-corrected chi connectivity index (χ0v) is 19.0. The molecule has 160 valence electrons. The van der Waals surface area contributed by atoms with Gasteiger partial charge in [0.25, 0.3) is 0 Å². The first-order valence-corrected chi connectivity index (χ1v) is 9.98. The summed E-state index contributed by atoms with van der Waals surface area (Å²) in [5.41, 5.74) is 3.81. The number of ether oxygens (including phenoxy) is 1. The number of carbonyl (C=O) groups excluding carboxylic acids is 1. The van der Waals surface area contributed by atoms with Crippen molar-refractivity contribution in [2.45, 2.75) is 47.1 Å². The highest BCUT2D eigenvalue weighted by molar-refractivity contribution is 6.29. The third-order valence-corrected chi connectivity index (χ3v) is 4.56. The van der Waals surface area contributed by atoms with E-state index in [-0.39, 0.29) is 10.9 Å². The lowest BCUT2D eigenvalue weighted by molar-refractivity contribution is 0.0521. The molecule has 0 aliphatic rings. The molecule has 1 N–H and O–H groups in total. The molecule has 0 fully saturated rings. The van der Waals surface area contributed by atoms with Gasteiger partial charge < -0.3 is 10.1 Å². The number of benzene rings is 1. The lowest BCUT2D eigenvalue weighted by Gasteiger charge is -2.19. The standard InChI is InChI=1S/C22H23ClN6O2/c1-12-10-15(8-7-9-24)11-13(2)17(12)25-18-16-14(3)28-29(19(16)27-20(23)26-18)21(30)31-22(4,5)6/h7-8,10-11H,1-6H3,(H,25,26,27)/b8-7+. The van der Waals surface area contributed by atoms with Crippen molar-refractivity contribution in [1.29, 1.82) is 5.26 Å². The van der Waals surface area contributed by atoms with Crippen LogP contribution in [-0.2, 0) is 4.74 Å². The SMILES string of the molecule is Cc1cc(/C=C/C#N)cc(C)c1Nc1nc(Cl)nc2c1c(C)nn2C(=O)OC(C)(C)C. The van der Waals surface area contributed by atoms with Gasteiger partial charge in [-0.2, -0.15) is 20.3 Å². The molecule has 2 aromatic heterocycles. The average molecular weight is 439 g/mol. The van der Waals surface area contributed by atoms with Gasteiger partial charge >= 0.3 is 6.09 Å². The van der Waals surface area contributed by atoms with E-state index in [0.29, 0.717) is 16.9 Å². The number of allylic oxidation sites excluding steroid dienone is 1. The first-order valence-electron chi connectivity index (χ1n) is 9.61. The molecule has 0 saturated heterocycles.